The quantitative estimate of drug-likeness (QED) is 0.436. The van der Waals surface area contributed by atoms with Crippen LogP contribution in [-0.2, 0) is 29.2 Å². The van der Waals surface area contributed by atoms with Crippen LogP contribution < -0.4 is 0 Å². The number of nitrogens with zero attached hydrogens (tertiary/aromatic N) is 5. The van der Waals surface area contributed by atoms with Crippen molar-refractivity contribution in [3.63, 3.8) is 0 Å². The molecule has 0 unspecified atom stereocenters. The topological polar surface area (TPSA) is 94.1 Å². The van der Waals surface area contributed by atoms with Crippen molar-refractivity contribution in [3.05, 3.63) is 81.3 Å². The third-order valence-corrected chi connectivity index (χ3v) is 10.8. The largest absolute Gasteiger partial charge is 0.416 e. The van der Waals surface area contributed by atoms with E-state index in [2.05, 4.69) is 9.88 Å². The van der Waals surface area contributed by atoms with Gasteiger partial charge in [0.25, 0.3) is 11.8 Å². The van der Waals surface area contributed by atoms with Crippen LogP contribution >= 0.6 is 11.3 Å². The standard InChI is InChI=1S/C28H28F3N5O4S2/c29-28(30,31)22-3-5-24(6-4-22)42(39,40)36-9-7-19-15-20(1-2-21(19)16-36)26(37)35-17-23(18-35)33-10-12-34(13-11-33)27(38)25-32-8-14-41-25/h1-6,8,14-15,23H,7,9-13,16-18H2. The van der Waals surface area contributed by atoms with E-state index >= 15 is 0 Å². The molecule has 4 heterocycles. The monoisotopic (exact) mass is 619 g/mol. The molecule has 42 heavy (non-hydrogen) atoms. The number of likely N-dealkylation sites (tertiary alicyclic amines) is 1. The fourth-order valence-electron chi connectivity index (χ4n) is 5.62. The summed E-state index contributed by atoms with van der Waals surface area (Å²) in [4.78, 5) is 35.6. The van der Waals surface area contributed by atoms with Crippen molar-refractivity contribution in [2.45, 2.75) is 30.1 Å². The van der Waals surface area contributed by atoms with Gasteiger partial charge in [-0.25, -0.2) is 13.4 Å². The van der Waals surface area contributed by atoms with Crippen LogP contribution in [0.1, 0.15) is 36.9 Å². The number of halogens is 3. The Morgan fingerprint density at radius 2 is 1.60 bits per heavy atom. The highest BCUT2D eigenvalue weighted by Gasteiger charge is 2.38. The van der Waals surface area contributed by atoms with Gasteiger partial charge in [0.15, 0.2) is 5.01 Å². The van der Waals surface area contributed by atoms with Crippen LogP contribution in [0.5, 0.6) is 0 Å². The molecule has 2 amide bonds. The van der Waals surface area contributed by atoms with Crippen LogP contribution in [-0.4, -0.2) is 96.1 Å². The molecule has 3 aliphatic rings. The molecule has 14 heteroatoms. The minimum absolute atomic E-state index is 0.0391. The smallest absolute Gasteiger partial charge is 0.335 e. The van der Waals surface area contributed by atoms with Gasteiger partial charge in [0.2, 0.25) is 10.0 Å². The molecule has 0 aliphatic carbocycles. The van der Waals surface area contributed by atoms with Crippen molar-refractivity contribution in [1.82, 2.24) is 24.0 Å². The third kappa shape index (κ3) is 5.55. The lowest BCUT2D eigenvalue weighted by Crippen LogP contribution is -2.64. The van der Waals surface area contributed by atoms with Crippen LogP contribution in [0.3, 0.4) is 0 Å². The van der Waals surface area contributed by atoms with Gasteiger partial charge in [0, 0.05) is 75.5 Å². The highest BCUT2D eigenvalue weighted by molar-refractivity contribution is 7.89. The van der Waals surface area contributed by atoms with E-state index in [0.717, 1.165) is 48.5 Å². The number of piperazine rings is 1. The van der Waals surface area contributed by atoms with E-state index in [1.165, 1.54) is 15.6 Å². The second-order valence-electron chi connectivity index (χ2n) is 10.6. The minimum atomic E-state index is -4.54. The Morgan fingerprint density at radius 1 is 0.881 bits per heavy atom. The normalized spacial score (nSPS) is 18.9. The zero-order chi connectivity index (χ0) is 29.6. The van der Waals surface area contributed by atoms with Crippen molar-refractivity contribution in [3.8, 4) is 0 Å². The Morgan fingerprint density at radius 3 is 2.24 bits per heavy atom. The van der Waals surface area contributed by atoms with Gasteiger partial charge in [-0.05, 0) is 53.9 Å². The number of alkyl halides is 3. The second kappa shape index (κ2) is 11.1. The van der Waals surface area contributed by atoms with Gasteiger partial charge in [-0.3, -0.25) is 14.5 Å². The number of rotatable bonds is 5. The van der Waals surface area contributed by atoms with Crippen molar-refractivity contribution in [1.29, 1.82) is 0 Å². The fourth-order valence-corrected chi connectivity index (χ4v) is 7.64. The van der Waals surface area contributed by atoms with Crippen LogP contribution in [0.15, 0.2) is 58.9 Å². The molecule has 0 spiro atoms. The molecule has 3 aliphatic heterocycles. The summed E-state index contributed by atoms with van der Waals surface area (Å²) < 4.78 is 66.1. The lowest BCUT2D eigenvalue weighted by molar-refractivity contribution is -0.137. The van der Waals surface area contributed by atoms with Crippen molar-refractivity contribution in [2.24, 2.45) is 0 Å². The molecule has 2 saturated heterocycles. The Labute approximate surface area is 245 Å². The van der Waals surface area contributed by atoms with Gasteiger partial charge in [0.1, 0.15) is 0 Å². The van der Waals surface area contributed by atoms with Crippen molar-refractivity contribution >= 4 is 33.2 Å². The molecular weight excluding hydrogens is 591 g/mol. The highest BCUT2D eigenvalue weighted by Crippen LogP contribution is 2.32. The maximum atomic E-state index is 13.2. The Hall–Kier alpha value is -3.33. The maximum absolute atomic E-state index is 13.2. The number of aromatic nitrogens is 1. The van der Waals surface area contributed by atoms with Gasteiger partial charge >= 0.3 is 6.18 Å². The summed E-state index contributed by atoms with van der Waals surface area (Å²) in [5.74, 6) is -0.116. The molecule has 0 bridgehead atoms. The van der Waals surface area contributed by atoms with Gasteiger partial charge < -0.3 is 9.80 Å². The van der Waals surface area contributed by atoms with E-state index < -0.39 is 21.8 Å². The number of benzene rings is 2. The summed E-state index contributed by atoms with van der Waals surface area (Å²) in [7, 11) is -3.98. The zero-order valence-electron chi connectivity index (χ0n) is 22.5. The molecule has 1 aromatic heterocycles. The molecule has 6 rings (SSSR count). The number of sulfonamides is 1. The molecule has 222 valence electrons. The second-order valence-corrected chi connectivity index (χ2v) is 13.5. The van der Waals surface area contributed by atoms with E-state index in [0.29, 0.717) is 43.2 Å². The van der Waals surface area contributed by atoms with Crippen LogP contribution in [0.4, 0.5) is 13.2 Å². The number of carbonyl (C=O) groups is 2. The van der Waals surface area contributed by atoms with Crippen LogP contribution in [0, 0.1) is 0 Å². The summed E-state index contributed by atoms with van der Waals surface area (Å²) in [5, 5.41) is 2.29. The average molecular weight is 620 g/mol. The number of carbonyl (C=O) groups excluding carboxylic acids is 2. The van der Waals surface area contributed by atoms with Crippen molar-refractivity contribution in [2.75, 3.05) is 45.8 Å². The average Bonchev–Trinajstić information content (AvgIpc) is 3.50. The summed E-state index contributed by atoms with van der Waals surface area (Å²) in [5.41, 5.74) is 1.29. The Kier molecular flexibility index (Phi) is 7.58. The first kappa shape index (κ1) is 28.8. The van der Waals surface area contributed by atoms with Gasteiger partial charge in [0.05, 0.1) is 10.5 Å². The minimum Gasteiger partial charge on any atom is -0.335 e. The molecular formula is C28H28F3N5O4S2. The summed E-state index contributed by atoms with van der Waals surface area (Å²) in [6.45, 7) is 4.19. The van der Waals surface area contributed by atoms with E-state index in [1.54, 1.807) is 28.6 Å². The summed E-state index contributed by atoms with van der Waals surface area (Å²) in [6, 6.07) is 9.03. The SMILES string of the molecule is O=C(c1ccc2c(c1)CCN(S(=O)(=O)c1ccc(C(F)(F)F)cc1)C2)N1CC(N2CCN(C(=O)c3nccs3)CC2)C1. The number of amides is 2. The van der Waals surface area contributed by atoms with E-state index in [1.807, 2.05) is 11.0 Å². The molecule has 2 aromatic carbocycles. The van der Waals surface area contributed by atoms with Crippen molar-refractivity contribution < 1.29 is 31.2 Å². The van der Waals surface area contributed by atoms with Gasteiger partial charge in [-0.15, -0.1) is 11.3 Å². The first-order valence-corrected chi connectivity index (χ1v) is 15.8. The number of hydrogen-bond donors (Lipinski definition) is 0. The predicted molar refractivity (Wildman–Crippen MR) is 148 cm³/mol. The van der Waals surface area contributed by atoms with Crippen LogP contribution in [0.2, 0.25) is 0 Å². The highest BCUT2D eigenvalue weighted by atomic mass is 32.2. The summed E-state index contributed by atoms with van der Waals surface area (Å²) in [6.07, 6.45) is -2.52. The van der Waals surface area contributed by atoms with Gasteiger partial charge in [-0.1, -0.05) is 6.07 Å². The van der Waals surface area contributed by atoms with E-state index in [9.17, 15) is 31.2 Å². The third-order valence-electron chi connectivity index (χ3n) is 8.13. The lowest BCUT2D eigenvalue weighted by atomic mass is 9.97. The number of fused-ring (bicyclic) bond motifs is 1. The summed E-state index contributed by atoms with van der Waals surface area (Å²) >= 11 is 1.34. The van der Waals surface area contributed by atoms with E-state index in [4.69, 9.17) is 0 Å². The van der Waals surface area contributed by atoms with E-state index in [-0.39, 0.29) is 35.8 Å². The lowest BCUT2D eigenvalue weighted by Gasteiger charge is -2.48. The zero-order valence-corrected chi connectivity index (χ0v) is 24.1. The Bertz CT molecular complexity index is 1580. The molecule has 0 atom stereocenters. The first-order chi connectivity index (χ1) is 20.0. The first-order valence-electron chi connectivity index (χ1n) is 13.5. The molecule has 2 fully saturated rings. The van der Waals surface area contributed by atoms with Gasteiger partial charge in [-0.2, -0.15) is 17.5 Å². The molecule has 9 nitrogen and oxygen atoms in total. The molecule has 3 aromatic rings. The maximum Gasteiger partial charge on any atom is 0.416 e. The number of hydrogen-bond acceptors (Lipinski definition) is 7. The Balaban J connectivity index is 1.03. The fraction of sp³-hybridized carbons (Fsp3) is 0.393. The molecule has 0 saturated carbocycles. The predicted octanol–water partition coefficient (Wildman–Crippen LogP) is 3.19. The molecule has 0 radical (unpaired) electrons. The van der Waals surface area contributed by atoms with Crippen LogP contribution in [0.25, 0.3) is 0 Å². The molecule has 0 N–H and O–H groups in total. The number of thiazole rings is 1.